The predicted octanol–water partition coefficient (Wildman–Crippen LogP) is 2.57. The highest BCUT2D eigenvalue weighted by Crippen LogP contribution is 2.26. The van der Waals surface area contributed by atoms with Crippen molar-refractivity contribution in [2.24, 2.45) is 0 Å². The first kappa shape index (κ1) is 18.9. The molecule has 3 N–H and O–H groups in total. The minimum atomic E-state index is -0.438. The quantitative estimate of drug-likeness (QED) is 0.436. The van der Waals surface area contributed by atoms with Crippen LogP contribution >= 0.6 is 11.8 Å². The fraction of sp³-hybridized carbons (Fsp3) is 0.211. The van der Waals surface area contributed by atoms with E-state index in [1.807, 2.05) is 26.0 Å². The van der Waals surface area contributed by atoms with Crippen molar-refractivity contribution in [2.75, 3.05) is 5.32 Å². The van der Waals surface area contributed by atoms with E-state index in [1.54, 1.807) is 29.8 Å². The van der Waals surface area contributed by atoms with Crippen LogP contribution in [0.15, 0.2) is 46.3 Å². The number of nitrogens with zero attached hydrogens (tertiary/aromatic N) is 4. The highest BCUT2D eigenvalue weighted by atomic mass is 32.2. The fourth-order valence-electron chi connectivity index (χ4n) is 3.01. The number of tetrazole rings is 1. The topological polar surface area (TPSA) is 121 Å². The number of aryl methyl sites for hydroxylation is 2. The number of thioether (sulfide) groups is 1. The minimum absolute atomic E-state index is 0.192. The number of carbonyl (C=O) groups excluding carboxylic acids is 1. The average molecular weight is 409 g/mol. The summed E-state index contributed by atoms with van der Waals surface area (Å²) in [5.41, 5.74) is 4.70. The largest absolute Gasteiger partial charge is 0.325 e. The number of rotatable bonds is 5. The Morgan fingerprint density at radius 3 is 2.72 bits per heavy atom. The molecule has 0 aliphatic heterocycles. The average Bonchev–Trinajstić information content (AvgIpc) is 3.26. The highest BCUT2D eigenvalue weighted by molar-refractivity contribution is 8.00. The maximum Gasteiger partial charge on any atom is 0.323 e. The summed E-state index contributed by atoms with van der Waals surface area (Å²) < 4.78 is 1.64. The second-order valence-corrected chi connectivity index (χ2v) is 8.06. The Hall–Kier alpha value is -3.40. The maximum absolute atomic E-state index is 12.6. The van der Waals surface area contributed by atoms with E-state index in [4.69, 9.17) is 0 Å². The van der Waals surface area contributed by atoms with Crippen LogP contribution in [0.5, 0.6) is 0 Å². The van der Waals surface area contributed by atoms with Crippen LogP contribution in [0.1, 0.15) is 18.1 Å². The van der Waals surface area contributed by atoms with Crippen LogP contribution < -0.4 is 11.0 Å². The fourth-order valence-corrected chi connectivity index (χ4v) is 3.81. The summed E-state index contributed by atoms with van der Waals surface area (Å²) in [7, 11) is 0. The van der Waals surface area contributed by atoms with Crippen molar-refractivity contribution in [3.05, 3.63) is 58.0 Å². The van der Waals surface area contributed by atoms with Gasteiger partial charge in [-0.1, -0.05) is 29.5 Å². The number of anilines is 1. The van der Waals surface area contributed by atoms with Gasteiger partial charge in [-0.05, 0) is 61.0 Å². The molecule has 0 aliphatic rings. The molecule has 2 heterocycles. The summed E-state index contributed by atoms with van der Waals surface area (Å²) in [4.78, 5) is 29.4. The monoisotopic (exact) mass is 409 g/mol. The van der Waals surface area contributed by atoms with Crippen molar-refractivity contribution in [1.29, 1.82) is 0 Å². The number of nitrogens with one attached hydrogen (secondary N) is 3. The first-order valence-electron chi connectivity index (χ1n) is 8.96. The number of hydrogen-bond acceptors (Lipinski definition) is 6. The molecule has 10 heteroatoms. The van der Waals surface area contributed by atoms with Crippen LogP contribution in [-0.2, 0) is 4.79 Å². The van der Waals surface area contributed by atoms with Crippen LogP contribution in [0.3, 0.4) is 0 Å². The molecule has 148 valence electrons. The van der Waals surface area contributed by atoms with E-state index in [9.17, 15) is 9.59 Å². The van der Waals surface area contributed by atoms with Crippen molar-refractivity contribution in [3.63, 3.8) is 0 Å². The van der Waals surface area contributed by atoms with Crippen molar-refractivity contribution in [2.45, 2.75) is 31.2 Å². The molecule has 1 unspecified atom stereocenters. The van der Waals surface area contributed by atoms with Crippen molar-refractivity contribution >= 4 is 34.4 Å². The van der Waals surface area contributed by atoms with Crippen LogP contribution in [0, 0.1) is 13.8 Å². The maximum atomic E-state index is 12.6. The van der Waals surface area contributed by atoms with Crippen molar-refractivity contribution < 1.29 is 4.79 Å². The van der Waals surface area contributed by atoms with Crippen molar-refractivity contribution in [3.8, 4) is 5.69 Å². The third-order valence-electron chi connectivity index (χ3n) is 4.46. The van der Waals surface area contributed by atoms with Gasteiger partial charge in [-0.2, -0.15) is 4.68 Å². The van der Waals surface area contributed by atoms with Gasteiger partial charge in [0.05, 0.1) is 22.0 Å². The molecule has 0 fully saturated rings. The lowest BCUT2D eigenvalue weighted by molar-refractivity contribution is -0.115. The van der Waals surface area contributed by atoms with E-state index in [-0.39, 0.29) is 11.6 Å². The number of fused-ring (bicyclic) bond motifs is 1. The second kappa shape index (κ2) is 7.55. The summed E-state index contributed by atoms with van der Waals surface area (Å²) in [6.45, 7) is 5.81. The lowest BCUT2D eigenvalue weighted by Gasteiger charge is -2.13. The molecule has 2 aromatic heterocycles. The van der Waals surface area contributed by atoms with Gasteiger partial charge in [0.25, 0.3) is 0 Å². The molecule has 0 saturated carbocycles. The van der Waals surface area contributed by atoms with Gasteiger partial charge in [-0.3, -0.25) is 4.79 Å². The second-order valence-electron chi connectivity index (χ2n) is 6.75. The molecule has 4 aromatic rings. The Morgan fingerprint density at radius 2 is 1.93 bits per heavy atom. The van der Waals surface area contributed by atoms with Crippen LogP contribution in [-0.4, -0.2) is 41.3 Å². The third-order valence-corrected chi connectivity index (χ3v) is 5.49. The number of aromatic amines is 2. The van der Waals surface area contributed by atoms with Gasteiger partial charge in [0, 0.05) is 5.69 Å². The Kier molecular flexibility index (Phi) is 4.93. The first-order valence-corrected chi connectivity index (χ1v) is 9.84. The lowest BCUT2D eigenvalue weighted by atomic mass is 10.1. The van der Waals surface area contributed by atoms with E-state index >= 15 is 0 Å². The number of benzene rings is 2. The number of aromatic nitrogens is 6. The number of hydrogen-bond donors (Lipinski definition) is 3. The van der Waals surface area contributed by atoms with Gasteiger partial charge in [-0.15, -0.1) is 5.10 Å². The molecular weight excluding hydrogens is 390 g/mol. The summed E-state index contributed by atoms with van der Waals surface area (Å²) in [6.07, 6.45) is 0. The number of H-pyrrole nitrogens is 2. The minimum Gasteiger partial charge on any atom is -0.325 e. The summed E-state index contributed by atoms with van der Waals surface area (Å²) in [5.74, 6) is -0.192. The van der Waals surface area contributed by atoms with E-state index in [0.29, 0.717) is 21.9 Å². The number of carbonyl (C=O) groups is 1. The third kappa shape index (κ3) is 3.92. The summed E-state index contributed by atoms with van der Waals surface area (Å²) >= 11 is 1.27. The molecule has 4 rings (SSSR count). The molecule has 0 spiro atoms. The van der Waals surface area contributed by atoms with Crippen LogP contribution in [0.4, 0.5) is 5.69 Å². The number of amides is 1. The Balaban J connectivity index is 1.50. The molecule has 1 atom stereocenters. The Labute approximate surface area is 169 Å². The molecule has 9 nitrogen and oxygen atoms in total. The predicted molar refractivity (Wildman–Crippen MR) is 111 cm³/mol. The smallest absolute Gasteiger partial charge is 0.323 e. The SMILES string of the molecule is Cc1ccc(-n2nnnc2SC(C)C(=O)Nc2ccc3[nH]c(=O)[nH]c3c2)c(C)c1. The van der Waals surface area contributed by atoms with E-state index in [1.165, 1.54) is 11.8 Å². The summed E-state index contributed by atoms with van der Waals surface area (Å²) in [6, 6.07) is 11.2. The van der Waals surface area contributed by atoms with Gasteiger partial charge in [0.2, 0.25) is 11.1 Å². The molecule has 2 aromatic carbocycles. The van der Waals surface area contributed by atoms with E-state index in [0.717, 1.165) is 16.8 Å². The first-order chi connectivity index (χ1) is 13.9. The molecule has 0 radical (unpaired) electrons. The molecular formula is C19H19N7O2S. The zero-order valence-electron chi connectivity index (χ0n) is 16.1. The van der Waals surface area contributed by atoms with Crippen LogP contribution in [0.2, 0.25) is 0 Å². The lowest BCUT2D eigenvalue weighted by Crippen LogP contribution is -2.23. The van der Waals surface area contributed by atoms with Gasteiger partial charge in [-0.25, -0.2) is 4.79 Å². The summed E-state index contributed by atoms with van der Waals surface area (Å²) in [5, 5.41) is 14.9. The van der Waals surface area contributed by atoms with Crippen LogP contribution in [0.25, 0.3) is 16.7 Å². The standard InChI is InChI=1S/C19H19N7O2S/c1-10-4-7-16(11(2)8-10)26-19(23-24-25-26)29-12(3)17(27)20-13-5-6-14-15(9-13)22-18(28)21-14/h4-9,12H,1-3H3,(H,20,27)(H2,21,22,28). The van der Waals surface area contributed by atoms with Crippen molar-refractivity contribution in [1.82, 2.24) is 30.2 Å². The molecule has 1 amide bonds. The highest BCUT2D eigenvalue weighted by Gasteiger charge is 2.20. The Bertz CT molecular complexity index is 1260. The van der Waals surface area contributed by atoms with Gasteiger partial charge >= 0.3 is 5.69 Å². The Morgan fingerprint density at radius 1 is 1.14 bits per heavy atom. The molecule has 0 aliphatic carbocycles. The number of imidazole rings is 1. The van der Waals surface area contributed by atoms with E-state index < -0.39 is 5.25 Å². The van der Waals surface area contributed by atoms with Gasteiger partial charge < -0.3 is 15.3 Å². The zero-order valence-corrected chi connectivity index (χ0v) is 16.9. The zero-order chi connectivity index (χ0) is 20.5. The van der Waals surface area contributed by atoms with Gasteiger partial charge in [0.1, 0.15) is 0 Å². The molecule has 29 heavy (non-hydrogen) atoms. The molecule has 0 saturated heterocycles. The normalized spacial score (nSPS) is 12.2. The van der Waals surface area contributed by atoms with Gasteiger partial charge in [0.15, 0.2) is 0 Å². The molecule has 0 bridgehead atoms. The van der Waals surface area contributed by atoms with E-state index in [2.05, 4.69) is 36.9 Å².